The fourth-order valence-electron chi connectivity index (χ4n) is 2.15. The van der Waals surface area contributed by atoms with Gasteiger partial charge >= 0.3 is 0 Å². The molecule has 3 rings (SSSR count). The maximum Gasteiger partial charge on any atom is 0.267 e. The molecule has 1 fully saturated rings. The Balaban J connectivity index is 1.64. The van der Waals surface area contributed by atoms with Crippen LogP contribution in [0.1, 0.15) is 12.8 Å². The molecule has 0 N–H and O–H groups in total. The van der Waals surface area contributed by atoms with E-state index in [0.717, 1.165) is 6.42 Å². The molecule has 0 bridgehead atoms. The summed E-state index contributed by atoms with van der Waals surface area (Å²) in [6.45, 7) is 0.308. The van der Waals surface area contributed by atoms with Crippen molar-refractivity contribution in [3.63, 3.8) is 0 Å². The largest absolute Gasteiger partial charge is 0.484 e. The van der Waals surface area contributed by atoms with Crippen LogP contribution in [-0.4, -0.2) is 40.1 Å². The zero-order chi connectivity index (χ0) is 14.7. The van der Waals surface area contributed by atoms with Gasteiger partial charge in [-0.2, -0.15) is 0 Å². The number of hydrogen-bond acceptors (Lipinski definition) is 6. The van der Waals surface area contributed by atoms with Gasteiger partial charge in [-0.3, -0.25) is 14.5 Å². The second kappa shape index (κ2) is 5.74. The van der Waals surface area contributed by atoms with Crippen LogP contribution in [0.2, 0.25) is 0 Å². The van der Waals surface area contributed by atoms with Crippen LogP contribution < -0.4 is 4.74 Å². The van der Waals surface area contributed by atoms with E-state index in [4.69, 9.17) is 9.15 Å². The van der Waals surface area contributed by atoms with Crippen LogP contribution >= 0.6 is 0 Å². The molecule has 1 aromatic heterocycles. The van der Waals surface area contributed by atoms with Gasteiger partial charge in [0.15, 0.2) is 6.61 Å². The molecule has 7 heteroatoms. The van der Waals surface area contributed by atoms with E-state index in [-0.39, 0.29) is 18.4 Å². The highest BCUT2D eigenvalue weighted by molar-refractivity contribution is 5.97. The van der Waals surface area contributed by atoms with Gasteiger partial charge in [0.1, 0.15) is 5.75 Å². The first-order chi connectivity index (χ1) is 10.2. The molecule has 1 aliphatic rings. The number of carbonyl (C=O) groups excluding carboxylic acids is 2. The number of nitrogens with zero attached hydrogens (tertiary/aromatic N) is 3. The van der Waals surface area contributed by atoms with Crippen LogP contribution in [0.15, 0.2) is 35.1 Å². The Morgan fingerprint density at radius 1 is 1.43 bits per heavy atom. The van der Waals surface area contributed by atoms with E-state index >= 15 is 0 Å². The van der Waals surface area contributed by atoms with E-state index in [1.165, 1.54) is 11.3 Å². The third-order valence-corrected chi connectivity index (χ3v) is 3.18. The predicted octanol–water partition coefficient (Wildman–Crippen LogP) is 1.26. The fraction of sp³-hybridized carbons (Fsp3) is 0.286. The molecule has 1 saturated heterocycles. The van der Waals surface area contributed by atoms with Crippen molar-refractivity contribution in [2.75, 3.05) is 13.2 Å². The Morgan fingerprint density at radius 2 is 2.33 bits per heavy atom. The number of ether oxygens (including phenoxy) is 1. The Morgan fingerprint density at radius 3 is 3.05 bits per heavy atom. The molecule has 21 heavy (non-hydrogen) atoms. The van der Waals surface area contributed by atoms with Gasteiger partial charge in [-0.15, -0.1) is 10.2 Å². The van der Waals surface area contributed by atoms with E-state index in [9.17, 15) is 9.59 Å². The SMILES string of the molecule is O=C1CCCN1C(=O)COc1cccc(-c2nnco2)c1. The molecule has 108 valence electrons. The minimum atomic E-state index is -0.319. The Hall–Kier alpha value is -2.70. The number of benzene rings is 1. The number of hydrogen-bond donors (Lipinski definition) is 0. The van der Waals surface area contributed by atoms with Crippen LogP contribution in [0, 0.1) is 0 Å². The zero-order valence-corrected chi connectivity index (χ0v) is 11.2. The summed E-state index contributed by atoms with van der Waals surface area (Å²) in [5.74, 6) is 0.427. The standard InChI is InChI=1S/C14H13N3O4/c18-12-5-2-6-17(12)13(19)8-20-11-4-1-3-10(7-11)14-16-15-9-21-14/h1,3-4,7,9H,2,5-6,8H2. The number of likely N-dealkylation sites (tertiary alicyclic amines) is 1. The summed E-state index contributed by atoms with van der Waals surface area (Å²) in [4.78, 5) is 24.6. The maximum absolute atomic E-state index is 11.9. The van der Waals surface area contributed by atoms with Crippen LogP contribution in [0.5, 0.6) is 5.75 Å². The Labute approximate surface area is 120 Å². The average molecular weight is 287 g/mol. The molecule has 0 aliphatic carbocycles. The second-order valence-electron chi connectivity index (χ2n) is 4.60. The molecule has 0 unspecified atom stereocenters. The van der Waals surface area contributed by atoms with Gasteiger partial charge in [0, 0.05) is 18.5 Å². The number of aromatic nitrogens is 2. The zero-order valence-electron chi connectivity index (χ0n) is 11.2. The Kier molecular flexibility index (Phi) is 3.63. The molecule has 2 heterocycles. The first-order valence-electron chi connectivity index (χ1n) is 6.56. The van der Waals surface area contributed by atoms with E-state index in [2.05, 4.69) is 10.2 Å². The van der Waals surface area contributed by atoms with Crippen molar-refractivity contribution in [3.05, 3.63) is 30.7 Å². The van der Waals surface area contributed by atoms with E-state index in [0.29, 0.717) is 30.2 Å². The lowest BCUT2D eigenvalue weighted by Crippen LogP contribution is -2.35. The summed E-state index contributed by atoms with van der Waals surface area (Å²) >= 11 is 0. The summed E-state index contributed by atoms with van der Waals surface area (Å²) in [6.07, 6.45) is 2.39. The fourth-order valence-corrected chi connectivity index (χ4v) is 2.15. The topological polar surface area (TPSA) is 85.5 Å². The van der Waals surface area contributed by atoms with Gasteiger partial charge < -0.3 is 9.15 Å². The third-order valence-electron chi connectivity index (χ3n) is 3.18. The molecule has 0 radical (unpaired) electrons. The van der Waals surface area contributed by atoms with Crippen molar-refractivity contribution in [1.82, 2.24) is 15.1 Å². The molecule has 0 spiro atoms. The lowest BCUT2D eigenvalue weighted by Gasteiger charge is -2.14. The van der Waals surface area contributed by atoms with Crippen molar-refractivity contribution in [2.45, 2.75) is 12.8 Å². The van der Waals surface area contributed by atoms with Gasteiger partial charge in [-0.25, -0.2) is 0 Å². The average Bonchev–Trinajstić information content (AvgIpc) is 3.16. The van der Waals surface area contributed by atoms with Crippen LogP contribution in [0.3, 0.4) is 0 Å². The van der Waals surface area contributed by atoms with Gasteiger partial charge in [0.25, 0.3) is 5.91 Å². The van der Waals surface area contributed by atoms with Gasteiger partial charge in [-0.1, -0.05) is 6.07 Å². The maximum atomic E-state index is 11.9. The molecule has 1 aliphatic heterocycles. The highest BCUT2D eigenvalue weighted by atomic mass is 16.5. The molecular weight excluding hydrogens is 274 g/mol. The van der Waals surface area contributed by atoms with Crippen molar-refractivity contribution < 1.29 is 18.7 Å². The molecule has 0 saturated carbocycles. The predicted molar refractivity (Wildman–Crippen MR) is 71.2 cm³/mol. The summed E-state index contributed by atoms with van der Waals surface area (Å²) in [6, 6.07) is 6.98. The van der Waals surface area contributed by atoms with Gasteiger partial charge in [0.2, 0.25) is 18.2 Å². The first kappa shape index (κ1) is 13.3. The molecule has 7 nitrogen and oxygen atoms in total. The summed E-state index contributed by atoms with van der Waals surface area (Å²) in [5, 5.41) is 7.41. The molecule has 0 atom stereocenters. The molecule has 2 aromatic rings. The minimum Gasteiger partial charge on any atom is -0.484 e. The quantitative estimate of drug-likeness (QED) is 0.841. The van der Waals surface area contributed by atoms with E-state index in [1.54, 1.807) is 24.3 Å². The minimum absolute atomic E-state index is 0.136. The third kappa shape index (κ3) is 2.91. The lowest BCUT2D eigenvalue weighted by atomic mass is 10.2. The highest BCUT2D eigenvalue weighted by Crippen LogP contribution is 2.22. The number of carbonyl (C=O) groups is 2. The molecule has 2 amide bonds. The van der Waals surface area contributed by atoms with Crippen LogP contribution in [-0.2, 0) is 9.59 Å². The summed E-state index contributed by atoms with van der Waals surface area (Å²) in [5.41, 5.74) is 0.703. The van der Waals surface area contributed by atoms with E-state index in [1.807, 2.05) is 0 Å². The Bertz CT molecular complexity index is 654. The van der Waals surface area contributed by atoms with Crippen molar-refractivity contribution in [3.8, 4) is 17.2 Å². The van der Waals surface area contributed by atoms with Crippen molar-refractivity contribution in [2.24, 2.45) is 0 Å². The van der Waals surface area contributed by atoms with Crippen molar-refractivity contribution in [1.29, 1.82) is 0 Å². The number of amides is 2. The lowest BCUT2D eigenvalue weighted by molar-refractivity contribution is -0.143. The van der Waals surface area contributed by atoms with Crippen LogP contribution in [0.4, 0.5) is 0 Å². The number of rotatable bonds is 4. The second-order valence-corrected chi connectivity index (χ2v) is 4.60. The highest BCUT2D eigenvalue weighted by Gasteiger charge is 2.26. The van der Waals surface area contributed by atoms with Gasteiger partial charge in [0.05, 0.1) is 0 Å². The normalized spacial score (nSPS) is 14.5. The molecular formula is C14H13N3O4. The number of imide groups is 1. The van der Waals surface area contributed by atoms with Crippen molar-refractivity contribution >= 4 is 11.8 Å². The smallest absolute Gasteiger partial charge is 0.267 e. The molecule has 1 aromatic carbocycles. The van der Waals surface area contributed by atoms with Crippen LogP contribution in [0.25, 0.3) is 11.5 Å². The van der Waals surface area contributed by atoms with Gasteiger partial charge in [-0.05, 0) is 24.6 Å². The monoisotopic (exact) mass is 287 g/mol. The van der Waals surface area contributed by atoms with E-state index < -0.39 is 0 Å². The summed E-state index contributed by atoms with van der Waals surface area (Å²) < 4.78 is 10.5. The first-order valence-corrected chi connectivity index (χ1v) is 6.56. The summed E-state index contributed by atoms with van der Waals surface area (Å²) in [7, 11) is 0.